The average molecular weight is 395 g/mol. The molecule has 3 rings (SSSR count). The fourth-order valence-corrected chi connectivity index (χ4v) is 3.86. The van der Waals surface area contributed by atoms with Gasteiger partial charge in [0.25, 0.3) is 0 Å². The first-order chi connectivity index (χ1) is 12.7. The summed E-state index contributed by atoms with van der Waals surface area (Å²) in [5.41, 5.74) is 2.54. The van der Waals surface area contributed by atoms with Crippen LogP contribution >= 0.6 is 12.4 Å². The lowest BCUT2D eigenvalue weighted by molar-refractivity contribution is -0.133. The van der Waals surface area contributed by atoms with Crippen LogP contribution in [0.3, 0.4) is 0 Å². The molecule has 7 heteroatoms. The normalized spacial score (nSPS) is 18.4. The van der Waals surface area contributed by atoms with Crippen molar-refractivity contribution in [1.29, 1.82) is 0 Å². The van der Waals surface area contributed by atoms with Gasteiger partial charge in [-0.3, -0.25) is 4.79 Å². The minimum atomic E-state index is -0.0723. The van der Waals surface area contributed by atoms with E-state index in [1.165, 1.54) is 11.1 Å². The molecule has 2 aliphatic heterocycles. The number of carbonyl (C=O) groups is 2. The first-order valence-corrected chi connectivity index (χ1v) is 9.78. The highest BCUT2D eigenvalue weighted by atomic mass is 35.5. The van der Waals surface area contributed by atoms with Crippen LogP contribution < -0.4 is 10.6 Å². The summed E-state index contributed by atoms with van der Waals surface area (Å²) in [7, 11) is 0. The number of nitrogens with zero attached hydrogens (tertiary/aromatic N) is 2. The van der Waals surface area contributed by atoms with Crippen LogP contribution in [0, 0.1) is 0 Å². The fraction of sp³-hybridized carbons (Fsp3) is 0.600. The van der Waals surface area contributed by atoms with Gasteiger partial charge >= 0.3 is 6.03 Å². The molecule has 1 unspecified atom stereocenters. The Morgan fingerprint density at radius 1 is 1.30 bits per heavy atom. The van der Waals surface area contributed by atoms with Crippen molar-refractivity contribution in [2.45, 2.75) is 45.2 Å². The summed E-state index contributed by atoms with van der Waals surface area (Å²) in [6.07, 6.45) is 3.24. The summed E-state index contributed by atoms with van der Waals surface area (Å²) in [5, 5.41) is 6.25. The van der Waals surface area contributed by atoms with E-state index in [-0.39, 0.29) is 24.3 Å². The molecule has 27 heavy (non-hydrogen) atoms. The zero-order valence-corrected chi connectivity index (χ0v) is 16.9. The molecule has 0 bridgehead atoms. The Hall–Kier alpha value is -1.79. The summed E-state index contributed by atoms with van der Waals surface area (Å²) in [6.45, 7) is 6.52. The summed E-state index contributed by atoms with van der Waals surface area (Å²) in [5.74, 6) is 0.143. The van der Waals surface area contributed by atoms with E-state index in [0.29, 0.717) is 25.6 Å². The van der Waals surface area contributed by atoms with Crippen LogP contribution in [0.1, 0.15) is 37.3 Å². The first-order valence-electron chi connectivity index (χ1n) is 9.78. The predicted molar refractivity (Wildman–Crippen MR) is 109 cm³/mol. The Kier molecular flexibility index (Phi) is 8.38. The highest BCUT2D eigenvalue weighted by Crippen LogP contribution is 2.18. The van der Waals surface area contributed by atoms with E-state index in [4.69, 9.17) is 0 Å². The lowest BCUT2D eigenvalue weighted by atomic mass is 10.0. The van der Waals surface area contributed by atoms with Crippen molar-refractivity contribution in [2.24, 2.45) is 0 Å². The number of carbonyl (C=O) groups excluding carboxylic acids is 2. The van der Waals surface area contributed by atoms with Crippen molar-refractivity contribution in [1.82, 2.24) is 20.4 Å². The third-order valence-electron chi connectivity index (χ3n) is 5.29. The zero-order chi connectivity index (χ0) is 18.4. The molecule has 3 amide bonds. The van der Waals surface area contributed by atoms with Crippen molar-refractivity contribution in [3.8, 4) is 0 Å². The van der Waals surface area contributed by atoms with Gasteiger partial charge in [-0.1, -0.05) is 31.2 Å². The van der Waals surface area contributed by atoms with E-state index in [1.54, 1.807) is 0 Å². The van der Waals surface area contributed by atoms with E-state index >= 15 is 0 Å². The summed E-state index contributed by atoms with van der Waals surface area (Å²) < 4.78 is 0. The molecule has 0 aliphatic carbocycles. The number of rotatable bonds is 6. The van der Waals surface area contributed by atoms with Crippen molar-refractivity contribution < 1.29 is 9.59 Å². The molecule has 2 N–H and O–H groups in total. The number of hydrogen-bond donors (Lipinski definition) is 2. The maximum Gasteiger partial charge on any atom is 0.317 e. The number of hydrogen-bond acceptors (Lipinski definition) is 3. The van der Waals surface area contributed by atoms with Crippen LogP contribution in [-0.2, 0) is 17.8 Å². The van der Waals surface area contributed by atoms with Gasteiger partial charge in [0, 0.05) is 45.2 Å². The topological polar surface area (TPSA) is 64.7 Å². The molecule has 0 aromatic heterocycles. The first kappa shape index (κ1) is 21.5. The van der Waals surface area contributed by atoms with Gasteiger partial charge < -0.3 is 20.4 Å². The number of fused-ring (bicyclic) bond motifs is 1. The summed E-state index contributed by atoms with van der Waals surface area (Å²) in [6, 6.07) is 8.50. The predicted octanol–water partition coefficient (Wildman–Crippen LogP) is 2.17. The van der Waals surface area contributed by atoms with E-state index in [2.05, 4.69) is 29.7 Å². The summed E-state index contributed by atoms with van der Waals surface area (Å²) >= 11 is 0. The van der Waals surface area contributed by atoms with Gasteiger partial charge in [-0.05, 0) is 36.9 Å². The molecule has 2 aliphatic rings. The lowest BCUT2D eigenvalue weighted by Gasteiger charge is -2.30. The highest BCUT2D eigenvalue weighted by molar-refractivity contribution is 5.85. The Morgan fingerprint density at radius 3 is 2.78 bits per heavy atom. The van der Waals surface area contributed by atoms with Crippen molar-refractivity contribution in [3.63, 3.8) is 0 Å². The van der Waals surface area contributed by atoms with Crippen LogP contribution in [-0.4, -0.2) is 60.5 Å². The van der Waals surface area contributed by atoms with E-state index in [1.807, 2.05) is 21.9 Å². The van der Waals surface area contributed by atoms with E-state index in [0.717, 1.165) is 45.4 Å². The van der Waals surface area contributed by atoms with Crippen LogP contribution in [0.5, 0.6) is 0 Å². The SMILES string of the molecule is CCCN(C(=O)CCNC(=O)N1CCc2ccccc2C1)C1CCNC1.Cl. The third-order valence-corrected chi connectivity index (χ3v) is 5.29. The number of benzene rings is 1. The molecule has 1 aromatic rings. The highest BCUT2D eigenvalue weighted by Gasteiger charge is 2.26. The van der Waals surface area contributed by atoms with Crippen molar-refractivity contribution in [2.75, 3.05) is 32.7 Å². The van der Waals surface area contributed by atoms with Gasteiger partial charge in [0.15, 0.2) is 0 Å². The molecule has 1 aromatic carbocycles. The number of amides is 3. The Balaban J connectivity index is 0.00000261. The number of urea groups is 1. The van der Waals surface area contributed by atoms with Gasteiger partial charge in [0.2, 0.25) is 5.91 Å². The van der Waals surface area contributed by atoms with Crippen LogP contribution in [0.2, 0.25) is 0 Å². The molecule has 150 valence electrons. The lowest BCUT2D eigenvalue weighted by Crippen LogP contribution is -2.45. The molecule has 6 nitrogen and oxygen atoms in total. The monoisotopic (exact) mass is 394 g/mol. The van der Waals surface area contributed by atoms with Crippen molar-refractivity contribution >= 4 is 24.3 Å². The molecular weight excluding hydrogens is 364 g/mol. The molecule has 2 heterocycles. The maximum absolute atomic E-state index is 12.6. The number of halogens is 1. The molecule has 1 atom stereocenters. The minimum absolute atomic E-state index is 0. The van der Waals surface area contributed by atoms with Gasteiger partial charge in [-0.15, -0.1) is 12.4 Å². The Morgan fingerprint density at radius 2 is 2.07 bits per heavy atom. The zero-order valence-electron chi connectivity index (χ0n) is 16.1. The largest absolute Gasteiger partial charge is 0.338 e. The Labute approximate surface area is 168 Å². The molecule has 1 saturated heterocycles. The molecule has 0 spiro atoms. The van der Waals surface area contributed by atoms with Crippen molar-refractivity contribution in [3.05, 3.63) is 35.4 Å². The fourth-order valence-electron chi connectivity index (χ4n) is 3.86. The third kappa shape index (κ3) is 5.59. The van der Waals surface area contributed by atoms with Gasteiger partial charge in [-0.25, -0.2) is 4.79 Å². The smallest absolute Gasteiger partial charge is 0.317 e. The Bertz CT molecular complexity index is 634. The molecule has 1 fully saturated rings. The molecule has 0 radical (unpaired) electrons. The molecular formula is C20H31ClN4O2. The van der Waals surface area contributed by atoms with Crippen LogP contribution in [0.15, 0.2) is 24.3 Å². The van der Waals surface area contributed by atoms with E-state index in [9.17, 15) is 9.59 Å². The van der Waals surface area contributed by atoms with Gasteiger partial charge in [0.05, 0.1) is 0 Å². The summed E-state index contributed by atoms with van der Waals surface area (Å²) in [4.78, 5) is 28.8. The quantitative estimate of drug-likeness (QED) is 0.777. The van der Waals surface area contributed by atoms with E-state index < -0.39 is 0 Å². The maximum atomic E-state index is 12.6. The number of nitrogens with one attached hydrogen (secondary N) is 2. The van der Waals surface area contributed by atoms with Crippen LogP contribution in [0.4, 0.5) is 4.79 Å². The second-order valence-electron chi connectivity index (χ2n) is 7.16. The second-order valence-corrected chi connectivity index (χ2v) is 7.16. The minimum Gasteiger partial charge on any atom is -0.338 e. The standard InChI is InChI=1S/C20H30N4O2.ClH/c1-2-12-24(18-7-10-21-14-18)19(25)8-11-22-20(26)23-13-9-16-5-3-4-6-17(16)15-23;/h3-6,18,21H,2,7-15H2,1H3,(H,22,26);1H. The van der Waals surface area contributed by atoms with Gasteiger partial charge in [-0.2, -0.15) is 0 Å². The average Bonchev–Trinajstić information content (AvgIpc) is 3.19. The molecule has 0 saturated carbocycles. The second kappa shape index (κ2) is 10.5. The van der Waals surface area contributed by atoms with Gasteiger partial charge in [0.1, 0.15) is 0 Å². The van der Waals surface area contributed by atoms with Crippen LogP contribution in [0.25, 0.3) is 0 Å².